The van der Waals surface area contributed by atoms with E-state index in [4.69, 9.17) is 0 Å². The Morgan fingerprint density at radius 2 is 2.04 bits per heavy atom. The third kappa shape index (κ3) is 8.35. The second-order valence-electron chi connectivity index (χ2n) is 6.13. The van der Waals surface area contributed by atoms with Gasteiger partial charge in [0.15, 0.2) is 5.96 Å². The maximum Gasteiger partial charge on any atom is 0.194 e. The van der Waals surface area contributed by atoms with Crippen molar-refractivity contribution < 1.29 is 4.21 Å². The fraction of sp³-hybridized carbons (Fsp3) is 0.421. The zero-order chi connectivity index (χ0) is 18.9. The molecule has 27 heavy (non-hydrogen) atoms. The van der Waals surface area contributed by atoms with Crippen LogP contribution in [0.25, 0.3) is 0 Å². The monoisotopic (exact) mass is 566 g/mol. The number of rotatable bonds is 8. The highest BCUT2D eigenvalue weighted by atomic mass is 127. The Hall–Kier alpha value is -0.870. The number of nitrogens with one attached hydrogen (secondary N) is 1. The first-order valence-corrected chi connectivity index (χ1v) is 11.0. The summed E-state index contributed by atoms with van der Waals surface area (Å²) in [4.78, 5) is 6.73. The first-order valence-electron chi connectivity index (χ1n) is 8.68. The van der Waals surface area contributed by atoms with E-state index in [9.17, 15) is 4.21 Å². The second kappa shape index (κ2) is 12.6. The maximum absolute atomic E-state index is 12.3. The minimum absolute atomic E-state index is 0. The summed E-state index contributed by atoms with van der Waals surface area (Å²) in [5.74, 6) is 1.98. The molecule has 1 unspecified atom stereocenters. The van der Waals surface area contributed by atoms with Crippen LogP contribution in [-0.4, -0.2) is 45.5 Å². The zero-order valence-electron chi connectivity index (χ0n) is 16.0. The van der Waals surface area contributed by atoms with Crippen LogP contribution in [0.4, 0.5) is 0 Å². The maximum atomic E-state index is 12.3. The summed E-state index contributed by atoms with van der Waals surface area (Å²) in [5, 5.41) is 3.31. The van der Waals surface area contributed by atoms with Crippen molar-refractivity contribution in [3.05, 3.63) is 58.3 Å². The number of aromatic nitrogens is 1. The SMILES string of the molecule is CCNC(=NCCS(=O)Cc1ccccc1)N(C)Cc1cc(Br)cn1C.I. The number of aryl methyl sites for hydroxylation is 1. The molecule has 0 bridgehead atoms. The van der Waals surface area contributed by atoms with Crippen molar-refractivity contribution in [3.63, 3.8) is 0 Å². The summed E-state index contributed by atoms with van der Waals surface area (Å²) in [7, 11) is 3.14. The van der Waals surface area contributed by atoms with Crippen LogP contribution >= 0.6 is 39.9 Å². The van der Waals surface area contributed by atoms with Gasteiger partial charge in [0.05, 0.1) is 13.1 Å². The van der Waals surface area contributed by atoms with Gasteiger partial charge in [-0.3, -0.25) is 9.20 Å². The van der Waals surface area contributed by atoms with Gasteiger partial charge in [0.2, 0.25) is 0 Å². The highest BCUT2D eigenvalue weighted by molar-refractivity contribution is 14.0. The van der Waals surface area contributed by atoms with Crippen molar-refractivity contribution in [2.45, 2.75) is 19.2 Å². The zero-order valence-corrected chi connectivity index (χ0v) is 20.8. The van der Waals surface area contributed by atoms with E-state index in [1.165, 1.54) is 5.69 Å². The summed E-state index contributed by atoms with van der Waals surface area (Å²) in [6.07, 6.45) is 2.04. The third-order valence-electron chi connectivity index (χ3n) is 3.92. The van der Waals surface area contributed by atoms with Crippen molar-refractivity contribution in [3.8, 4) is 0 Å². The van der Waals surface area contributed by atoms with Gasteiger partial charge < -0.3 is 14.8 Å². The molecule has 0 saturated heterocycles. The number of benzene rings is 1. The van der Waals surface area contributed by atoms with Gasteiger partial charge in [-0.2, -0.15) is 0 Å². The standard InChI is InChI=1S/C19H27BrN4OS.HI/c1-4-21-19(24(3)14-18-12-17(20)13-23(18)2)22-10-11-26(25)15-16-8-6-5-7-9-16;/h5-9,12-13H,4,10-11,14-15H2,1-3H3,(H,21,22);1H. The molecule has 0 aliphatic heterocycles. The lowest BCUT2D eigenvalue weighted by molar-refractivity contribution is 0.462. The molecular formula is C19H28BrIN4OS. The molecule has 1 atom stereocenters. The highest BCUT2D eigenvalue weighted by Crippen LogP contribution is 2.15. The molecule has 8 heteroatoms. The number of hydrogen-bond acceptors (Lipinski definition) is 2. The normalized spacial score (nSPS) is 12.4. The van der Waals surface area contributed by atoms with Gasteiger partial charge >= 0.3 is 0 Å². The number of aliphatic imine (C=N–C) groups is 1. The Kier molecular flexibility index (Phi) is 11.2. The predicted molar refractivity (Wildman–Crippen MR) is 129 cm³/mol. The highest BCUT2D eigenvalue weighted by Gasteiger charge is 2.10. The quantitative estimate of drug-likeness (QED) is 0.301. The van der Waals surface area contributed by atoms with Crippen molar-refractivity contribution in [1.29, 1.82) is 0 Å². The van der Waals surface area contributed by atoms with Gasteiger partial charge in [-0.1, -0.05) is 30.3 Å². The molecule has 1 aromatic carbocycles. The van der Waals surface area contributed by atoms with Crippen LogP contribution in [0.2, 0.25) is 0 Å². The van der Waals surface area contributed by atoms with E-state index in [2.05, 4.69) is 48.7 Å². The van der Waals surface area contributed by atoms with E-state index in [0.29, 0.717) is 18.1 Å². The molecule has 0 aliphatic carbocycles. The molecule has 1 N–H and O–H groups in total. The summed E-state index contributed by atoms with van der Waals surface area (Å²) < 4.78 is 15.4. The second-order valence-corrected chi connectivity index (χ2v) is 8.62. The summed E-state index contributed by atoms with van der Waals surface area (Å²) in [6, 6.07) is 12.1. The van der Waals surface area contributed by atoms with Gasteiger partial charge in [0.1, 0.15) is 0 Å². The molecular weight excluding hydrogens is 539 g/mol. The van der Waals surface area contributed by atoms with Crippen molar-refractivity contribution in [1.82, 2.24) is 14.8 Å². The van der Waals surface area contributed by atoms with E-state index in [-0.39, 0.29) is 24.0 Å². The van der Waals surface area contributed by atoms with Crippen molar-refractivity contribution in [2.24, 2.45) is 12.0 Å². The number of nitrogens with zero attached hydrogens (tertiary/aromatic N) is 3. The van der Waals surface area contributed by atoms with Gasteiger partial charge in [0.25, 0.3) is 0 Å². The van der Waals surface area contributed by atoms with Crippen molar-refractivity contribution in [2.75, 3.05) is 25.9 Å². The molecule has 1 heterocycles. The lowest BCUT2D eigenvalue weighted by Crippen LogP contribution is -2.39. The lowest BCUT2D eigenvalue weighted by atomic mass is 10.2. The molecule has 0 aliphatic rings. The van der Waals surface area contributed by atoms with E-state index in [1.807, 2.05) is 50.6 Å². The van der Waals surface area contributed by atoms with Crippen LogP contribution < -0.4 is 5.32 Å². The van der Waals surface area contributed by atoms with Crippen LogP contribution in [0, 0.1) is 0 Å². The van der Waals surface area contributed by atoms with Gasteiger partial charge in [-0.25, -0.2) is 0 Å². The topological polar surface area (TPSA) is 49.6 Å². The molecule has 0 radical (unpaired) electrons. The molecule has 0 spiro atoms. The molecule has 2 aromatic rings. The minimum atomic E-state index is -0.907. The summed E-state index contributed by atoms with van der Waals surface area (Å²) >= 11 is 3.51. The summed E-state index contributed by atoms with van der Waals surface area (Å²) in [5.41, 5.74) is 2.30. The Balaban J connectivity index is 0.00000364. The van der Waals surface area contributed by atoms with Crippen LogP contribution in [0.5, 0.6) is 0 Å². The largest absolute Gasteiger partial charge is 0.357 e. The fourth-order valence-corrected chi connectivity index (χ4v) is 4.17. The van der Waals surface area contributed by atoms with Crippen LogP contribution in [0.1, 0.15) is 18.2 Å². The first-order chi connectivity index (χ1) is 12.5. The van der Waals surface area contributed by atoms with E-state index < -0.39 is 10.8 Å². The Labute approximate surface area is 190 Å². The Morgan fingerprint density at radius 1 is 1.33 bits per heavy atom. The smallest absolute Gasteiger partial charge is 0.194 e. The number of hydrogen-bond donors (Lipinski definition) is 1. The Bertz CT molecular complexity index is 751. The average molecular weight is 567 g/mol. The minimum Gasteiger partial charge on any atom is -0.357 e. The summed E-state index contributed by atoms with van der Waals surface area (Å²) in [6.45, 7) is 4.15. The molecule has 0 amide bonds. The van der Waals surface area contributed by atoms with Gasteiger partial charge in [-0.15, -0.1) is 24.0 Å². The number of guanidine groups is 1. The van der Waals surface area contributed by atoms with Crippen molar-refractivity contribution >= 4 is 56.7 Å². The molecule has 5 nitrogen and oxygen atoms in total. The van der Waals surface area contributed by atoms with Crippen LogP contribution in [0.15, 0.2) is 52.1 Å². The number of halogens is 2. The first kappa shape index (κ1) is 24.2. The lowest BCUT2D eigenvalue weighted by Gasteiger charge is -2.22. The van der Waals surface area contributed by atoms with E-state index in [0.717, 1.165) is 29.1 Å². The molecule has 0 fully saturated rings. The molecule has 150 valence electrons. The Morgan fingerprint density at radius 3 is 2.63 bits per heavy atom. The molecule has 2 rings (SSSR count). The molecule has 1 aromatic heterocycles. The van der Waals surface area contributed by atoms with Gasteiger partial charge in [0, 0.05) is 59.3 Å². The van der Waals surface area contributed by atoms with E-state index >= 15 is 0 Å². The van der Waals surface area contributed by atoms with Crippen LogP contribution in [-0.2, 0) is 30.1 Å². The molecule has 0 saturated carbocycles. The predicted octanol–water partition coefficient (Wildman–Crippen LogP) is 3.75. The van der Waals surface area contributed by atoms with E-state index in [1.54, 1.807) is 0 Å². The van der Waals surface area contributed by atoms with Crippen LogP contribution in [0.3, 0.4) is 0 Å². The average Bonchev–Trinajstić information content (AvgIpc) is 2.92. The fourth-order valence-electron chi connectivity index (χ4n) is 2.60. The van der Waals surface area contributed by atoms with Gasteiger partial charge in [-0.05, 0) is 34.5 Å². The third-order valence-corrected chi connectivity index (χ3v) is 5.65.